The summed E-state index contributed by atoms with van der Waals surface area (Å²) in [5, 5.41) is 14.3. The Morgan fingerprint density at radius 1 is 1.50 bits per heavy atom. The zero-order valence-corrected chi connectivity index (χ0v) is 11.4. The number of aliphatic imine (C=N–C) groups is 1. The zero-order chi connectivity index (χ0) is 13.8. The van der Waals surface area contributed by atoms with Gasteiger partial charge in [0.15, 0.2) is 12.0 Å². The summed E-state index contributed by atoms with van der Waals surface area (Å²) in [4.78, 5) is 15.9. The SMILES string of the molecule is CCC(C)(C)N=C(NC#N)NC1=C(C)C(=O)CC1. The van der Waals surface area contributed by atoms with Crippen molar-refractivity contribution in [3.8, 4) is 6.19 Å². The minimum Gasteiger partial charge on any atom is -0.329 e. The summed E-state index contributed by atoms with van der Waals surface area (Å²) >= 11 is 0. The van der Waals surface area contributed by atoms with E-state index in [1.54, 1.807) is 6.92 Å². The second kappa shape index (κ2) is 5.67. The second-order valence-electron chi connectivity index (χ2n) is 5.01. The Labute approximate surface area is 108 Å². The van der Waals surface area contributed by atoms with Crippen LogP contribution in [0.5, 0.6) is 0 Å². The molecule has 0 aliphatic heterocycles. The molecule has 98 valence electrons. The van der Waals surface area contributed by atoms with Crippen molar-refractivity contribution < 1.29 is 4.79 Å². The number of nitriles is 1. The predicted octanol–water partition coefficient (Wildman–Crippen LogP) is 1.83. The average molecular weight is 248 g/mol. The van der Waals surface area contributed by atoms with E-state index in [1.165, 1.54) is 0 Å². The molecule has 0 saturated carbocycles. The fraction of sp³-hybridized carbons (Fsp3) is 0.615. The molecule has 2 N–H and O–H groups in total. The molecule has 0 bridgehead atoms. The van der Waals surface area contributed by atoms with Crippen molar-refractivity contribution in [1.82, 2.24) is 10.6 Å². The van der Waals surface area contributed by atoms with Gasteiger partial charge in [-0.05, 0) is 33.6 Å². The third kappa shape index (κ3) is 3.59. The van der Waals surface area contributed by atoms with Crippen molar-refractivity contribution in [1.29, 1.82) is 5.26 Å². The molecule has 0 aromatic carbocycles. The molecule has 0 atom stereocenters. The lowest BCUT2D eigenvalue weighted by atomic mass is 10.0. The molecule has 0 saturated heterocycles. The maximum absolute atomic E-state index is 11.4. The molecule has 0 radical (unpaired) electrons. The summed E-state index contributed by atoms with van der Waals surface area (Å²) in [6.45, 7) is 7.83. The van der Waals surface area contributed by atoms with Crippen molar-refractivity contribution in [2.24, 2.45) is 4.99 Å². The van der Waals surface area contributed by atoms with Gasteiger partial charge in [-0.15, -0.1) is 0 Å². The lowest BCUT2D eigenvalue weighted by molar-refractivity contribution is -0.114. The molecule has 0 aromatic heterocycles. The molecule has 1 aliphatic carbocycles. The van der Waals surface area contributed by atoms with Crippen LogP contribution >= 0.6 is 0 Å². The molecule has 0 fully saturated rings. The number of Topliss-reactive ketones (excluding diaryl/α,β-unsaturated/α-hetero) is 1. The van der Waals surface area contributed by atoms with Crippen LogP contribution < -0.4 is 10.6 Å². The number of hydrogen-bond donors (Lipinski definition) is 2. The van der Waals surface area contributed by atoms with Gasteiger partial charge in [0.2, 0.25) is 5.96 Å². The van der Waals surface area contributed by atoms with E-state index in [0.29, 0.717) is 18.8 Å². The van der Waals surface area contributed by atoms with Crippen molar-refractivity contribution in [2.45, 2.75) is 52.5 Å². The van der Waals surface area contributed by atoms with Gasteiger partial charge in [-0.2, -0.15) is 5.26 Å². The highest BCUT2D eigenvalue weighted by Crippen LogP contribution is 2.20. The number of ketones is 1. The molecule has 0 aromatic rings. The normalized spacial score (nSPS) is 16.8. The van der Waals surface area contributed by atoms with Crippen molar-refractivity contribution in [3.63, 3.8) is 0 Å². The van der Waals surface area contributed by atoms with Crippen LogP contribution in [0, 0.1) is 11.5 Å². The number of nitrogens with one attached hydrogen (secondary N) is 2. The fourth-order valence-corrected chi connectivity index (χ4v) is 1.60. The van der Waals surface area contributed by atoms with Crippen LogP contribution in [0.25, 0.3) is 0 Å². The Morgan fingerprint density at radius 2 is 2.17 bits per heavy atom. The number of nitrogens with zero attached hydrogens (tertiary/aromatic N) is 2. The van der Waals surface area contributed by atoms with E-state index in [0.717, 1.165) is 17.7 Å². The van der Waals surface area contributed by atoms with Gasteiger partial charge in [-0.25, -0.2) is 4.99 Å². The molecule has 0 heterocycles. The van der Waals surface area contributed by atoms with Crippen molar-refractivity contribution in [2.75, 3.05) is 0 Å². The third-order valence-electron chi connectivity index (χ3n) is 3.20. The van der Waals surface area contributed by atoms with E-state index in [2.05, 4.69) is 15.6 Å². The topological polar surface area (TPSA) is 77.3 Å². The number of allylic oxidation sites excluding steroid dienone is 2. The van der Waals surface area contributed by atoms with E-state index in [4.69, 9.17) is 5.26 Å². The van der Waals surface area contributed by atoms with Gasteiger partial charge in [0.1, 0.15) is 0 Å². The average Bonchev–Trinajstić information content (AvgIpc) is 2.61. The van der Waals surface area contributed by atoms with Crippen LogP contribution in [-0.4, -0.2) is 17.3 Å². The smallest absolute Gasteiger partial charge is 0.209 e. The second-order valence-corrected chi connectivity index (χ2v) is 5.01. The van der Waals surface area contributed by atoms with Gasteiger partial charge >= 0.3 is 0 Å². The number of carbonyl (C=O) groups excluding carboxylic acids is 1. The van der Waals surface area contributed by atoms with Gasteiger partial charge in [-0.3, -0.25) is 10.1 Å². The monoisotopic (exact) mass is 248 g/mol. The van der Waals surface area contributed by atoms with E-state index < -0.39 is 0 Å². The number of rotatable bonds is 3. The van der Waals surface area contributed by atoms with E-state index in [9.17, 15) is 4.79 Å². The summed E-state index contributed by atoms with van der Waals surface area (Å²) < 4.78 is 0. The molecular weight excluding hydrogens is 228 g/mol. The number of carbonyl (C=O) groups is 1. The zero-order valence-electron chi connectivity index (χ0n) is 11.4. The van der Waals surface area contributed by atoms with Crippen LogP contribution in [0.1, 0.15) is 47.0 Å². The molecule has 0 amide bonds. The third-order valence-corrected chi connectivity index (χ3v) is 3.20. The summed E-state index contributed by atoms with van der Waals surface area (Å²) in [6.07, 6.45) is 3.94. The maximum atomic E-state index is 11.4. The van der Waals surface area contributed by atoms with Crippen molar-refractivity contribution in [3.05, 3.63) is 11.3 Å². The first-order valence-electron chi connectivity index (χ1n) is 6.14. The summed E-state index contributed by atoms with van der Waals surface area (Å²) in [5.74, 6) is 0.567. The van der Waals surface area contributed by atoms with E-state index in [-0.39, 0.29) is 11.3 Å². The summed E-state index contributed by atoms with van der Waals surface area (Å²) in [7, 11) is 0. The molecule has 0 spiro atoms. The minimum absolute atomic E-state index is 0.156. The van der Waals surface area contributed by atoms with E-state index >= 15 is 0 Å². The minimum atomic E-state index is -0.247. The standard InChI is InChI=1S/C13H20N4O/c1-5-13(3,4)17-12(15-8-14)16-10-6-7-11(18)9(10)2/h5-7H2,1-4H3,(H2,15,16,17). The first-order valence-corrected chi connectivity index (χ1v) is 6.14. The first kappa shape index (κ1) is 14.2. The Bertz CT molecular complexity index is 440. The highest BCUT2D eigenvalue weighted by molar-refractivity contribution is 5.99. The number of guanidine groups is 1. The predicted molar refractivity (Wildman–Crippen MR) is 70.6 cm³/mol. The lowest BCUT2D eigenvalue weighted by Gasteiger charge is -2.19. The quantitative estimate of drug-likeness (QED) is 0.346. The van der Waals surface area contributed by atoms with Gasteiger partial charge in [0.05, 0.1) is 5.54 Å². The Balaban J connectivity index is 2.89. The summed E-state index contributed by atoms with van der Waals surface area (Å²) in [6, 6.07) is 0. The van der Waals surface area contributed by atoms with Gasteiger partial charge in [0.25, 0.3) is 0 Å². The van der Waals surface area contributed by atoms with Crippen molar-refractivity contribution >= 4 is 11.7 Å². The first-order chi connectivity index (χ1) is 8.39. The molecule has 1 aliphatic rings. The van der Waals surface area contributed by atoms with Crippen LogP contribution in [-0.2, 0) is 4.79 Å². The Morgan fingerprint density at radius 3 is 2.61 bits per heavy atom. The van der Waals surface area contributed by atoms with Gasteiger partial charge in [0, 0.05) is 17.7 Å². The Hall–Kier alpha value is -1.83. The molecule has 0 unspecified atom stereocenters. The molecule has 5 nitrogen and oxygen atoms in total. The molecule has 18 heavy (non-hydrogen) atoms. The Kier molecular flexibility index (Phi) is 4.49. The van der Waals surface area contributed by atoms with Gasteiger partial charge in [-0.1, -0.05) is 6.92 Å². The molecule has 1 rings (SSSR count). The fourth-order valence-electron chi connectivity index (χ4n) is 1.60. The highest BCUT2D eigenvalue weighted by atomic mass is 16.1. The highest BCUT2D eigenvalue weighted by Gasteiger charge is 2.21. The maximum Gasteiger partial charge on any atom is 0.209 e. The van der Waals surface area contributed by atoms with Crippen LogP contribution in [0.15, 0.2) is 16.3 Å². The lowest BCUT2D eigenvalue weighted by Crippen LogP contribution is -2.37. The van der Waals surface area contributed by atoms with Gasteiger partial charge < -0.3 is 5.32 Å². The van der Waals surface area contributed by atoms with Crippen LogP contribution in [0.4, 0.5) is 0 Å². The van der Waals surface area contributed by atoms with E-state index in [1.807, 2.05) is 27.0 Å². The largest absolute Gasteiger partial charge is 0.329 e. The van der Waals surface area contributed by atoms with Crippen LogP contribution in [0.2, 0.25) is 0 Å². The summed E-state index contributed by atoms with van der Waals surface area (Å²) in [5.41, 5.74) is 1.34. The molecular formula is C13H20N4O. The van der Waals surface area contributed by atoms with Crippen LogP contribution in [0.3, 0.4) is 0 Å². The molecule has 5 heteroatoms. The number of hydrogen-bond acceptors (Lipinski definition) is 3.